The maximum absolute atomic E-state index is 11.9. The van der Waals surface area contributed by atoms with Gasteiger partial charge in [-0.05, 0) is 18.6 Å². The van der Waals surface area contributed by atoms with Gasteiger partial charge in [-0.15, -0.1) is 11.3 Å². The molecular formula is C25H32N6O3S2. The number of thiophene rings is 1. The Labute approximate surface area is 216 Å². The average molecular weight is 529 g/mol. The first-order chi connectivity index (χ1) is 17.3. The molecule has 0 saturated carbocycles. The molecular weight excluding hydrogens is 496 g/mol. The minimum Gasteiger partial charge on any atom is -0.378 e. The first-order valence-electron chi connectivity index (χ1n) is 12.2. The van der Waals surface area contributed by atoms with Crippen molar-refractivity contribution in [2.24, 2.45) is 4.99 Å². The second-order valence-corrected chi connectivity index (χ2v) is 12.4. The Morgan fingerprint density at radius 1 is 1.11 bits per heavy atom. The van der Waals surface area contributed by atoms with Crippen molar-refractivity contribution in [3.63, 3.8) is 0 Å². The minimum absolute atomic E-state index is 0.530. The van der Waals surface area contributed by atoms with E-state index in [2.05, 4.69) is 39.9 Å². The molecule has 2 aliphatic rings. The molecule has 3 aromatic rings. The van der Waals surface area contributed by atoms with Crippen molar-refractivity contribution >= 4 is 43.6 Å². The fourth-order valence-electron chi connectivity index (χ4n) is 4.77. The molecule has 0 amide bonds. The lowest BCUT2D eigenvalue weighted by Crippen LogP contribution is -2.47. The van der Waals surface area contributed by atoms with Crippen LogP contribution in [0.4, 0.5) is 5.82 Å². The predicted octanol–water partition coefficient (Wildman–Crippen LogP) is 2.63. The van der Waals surface area contributed by atoms with Crippen LogP contribution in [0.3, 0.4) is 0 Å². The van der Waals surface area contributed by atoms with Crippen LogP contribution in [0.1, 0.15) is 16.0 Å². The largest absolute Gasteiger partial charge is 0.378 e. The van der Waals surface area contributed by atoms with Crippen molar-refractivity contribution in [1.29, 1.82) is 0 Å². The number of benzene rings is 1. The van der Waals surface area contributed by atoms with E-state index in [9.17, 15) is 8.42 Å². The van der Waals surface area contributed by atoms with Gasteiger partial charge in [-0.1, -0.05) is 18.2 Å². The summed E-state index contributed by atoms with van der Waals surface area (Å²) in [5.74, 6) is 1.66. The van der Waals surface area contributed by atoms with E-state index < -0.39 is 10.0 Å². The monoisotopic (exact) mass is 528 g/mol. The van der Waals surface area contributed by atoms with E-state index in [1.54, 1.807) is 22.7 Å². The van der Waals surface area contributed by atoms with Gasteiger partial charge in [0.15, 0.2) is 11.6 Å². The van der Waals surface area contributed by atoms with E-state index in [0.29, 0.717) is 32.1 Å². The maximum Gasteiger partial charge on any atom is 0.211 e. The number of fused-ring (bicyclic) bond motifs is 1. The van der Waals surface area contributed by atoms with Crippen LogP contribution in [-0.4, -0.2) is 99.6 Å². The summed E-state index contributed by atoms with van der Waals surface area (Å²) in [6.45, 7) is 8.30. The molecule has 0 unspecified atom stereocenters. The predicted molar refractivity (Wildman–Crippen MR) is 146 cm³/mol. The smallest absolute Gasteiger partial charge is 0.211 e. The Bertz CT molecular complexity index is 1370. The Hall–Kier alpha value is -2.44. The molecule has 0 atom stereocenters. The van der Waals surface area contributed by atoms with E-state index in [-0.39, 0.29) is 0 Å². The van der Waals surface area contributed by atoms with Gasteiger partial charge in [-0.3, -0.25) is 9.89 Å². The fraction of sp³-hybridized carbons (Fsp3) is 0.480. The normalized spacial score (nSPS) is 18.5. The number of hydrogen-bond donors (Lipinski definition) is 0. The fourth-order valence-corrected chi connectivity index (χ4v) is 6.75. The quantitative estimate of drug-likeness (QED) is 0.454. The molecule has 5 rings (SSSR count). The zero-order valence-electron chi connectivity index (χ0n) is 21.0. The van der Waals surface area contributed by atoms with E-state index in [1.165, 1.54) is 11.1 Å². The highest BCUT2D eigenvalue weighted by atomic mass is 32.2. The molecule has 192 valence electrons. The van der Waals surface area contributed by atoms with Crippen LogP contribution in [0.25, 0.3) is 21.6 Å². The summed E-state index contributed by atoms with van der Waals surface area (Å²) in [4.78, 5) is 20.2. The third-order valence-electron chi connectivity index (χ3n) is 6.72. The first-order valence-corrected chi connectivity index (χ1v) is 14.8. The van der Waals surface area contributed by atoms with Gasteiger partial charge >= 0.3 is 0 Å². The Morgan fingerprint density at radius 2 is 1.86 bits per heavy atom. The second kappa shape index (κ2) is 10.5. The number of morpholine rings is 1. The molecule has 0 bridgehead atoms. The van der Waals surface area contributed by atoms with E-state index >= 15 is 0 Å². The van der Waals surface area contributed by atoms with Crippen molar-refractivity contribution in [3.05, 3.63) is 40.3 Å². The first kappa shape index (κ1) is 25.2. The van der Waals surface area contributed by atoms with Crippen LogP contribution in [0.15, 0.2) is 29.3 Å². The van der Waals surface area contributed by atoms with E-state index in [4.69, 9.17) is 14.7 Å². The molecule has 2 aliphatic heterocycles. The highest BCUT2D eigenvalue weighted by Gasteiger charge is 2.25. The molecule has 2 aromatic heterocycles. The van der Waals surface area contributed by atoms with Gasteiger partial charge in [0, 0.05) is 75.1 Å². The summed E-state index contributed by atoms with van der Waals surface area (Å²) in [6.07, 6.45) is 3.16. The number of piperazine rings is 1. The number of sulfonamides is 1. The lowest BCUT2D eigenvalue weighted by Gasteiger charge is -2.32. The van der Waals surface area contributed by atoms with E-state index in [0.717, 1.165) is 65.4 Å². The molecule has 11 heteroatoms. The van der Waals surface area contributed by atoms with Crippen molar-refractivity contribution in [2.45, 2.75) is 13.5 Å². The summed E-state index contributed by atoms with van der Waals surface area (Å²) < 4.78 is 32.0. The zero-order valence-corrected chi connectivity index (χ0v) is 22.6. The Morgan fingerprint density at radius 3 is 2.56 bits per heavy atom. The molecule has 0 spiro atoms. The molecule has 1 aromatic carbocycles. The highest BCUT2D eigenvalue weighted by Crippen LogP contribution is 2.36. The van der Waals surface area contributed by atoms with Crippen LogP contribution in [0.5, 0.6) is 0 Å². The standard InChI is InChI=1S/C25H32N6O3S2/c1-18-5-4-6-20(21(18)16-26-2)24-27-22-15-19(17-29-7-9-31(10-8-29)36(3,32)33)35-23(22)25(28-24)30-11-13-34-14-12-30/h4-6,15-16H,7-14,17H2,1-3H3/b26-16-. The van der Waals surface area contributed by atoms with Crippen LogP contribution in [0, 0.1) is 6.92 Å². The topological polar surface area (TPSA) is 91.2 Å². The van der Waals surface area contributed by atoms with Crippen LogP contribution < -0.4 is 4.90 Å². The molecule has 36 heavy (non-hydrogen) atoms. The molecule has 2 fully saturated rings. The van der Waals surface area contributed by atoms with Gasteiger partial charge in [0.05, 0.1) is 29.7 Å². The molecule has 2 saturated heterocycles. The lowest BCUT2D eigenvalue weighted by molar-refractivity contribution is 0.122. The number of aliphatic imine (C=N–C) groups is 1. The lowest BCUT2D eigenvalue weighted by atomic mass is 10.0. The average Bonchev–Trinajstić information content (AvgIpc) is 3.27. The third-order valence-corrected chi connectivity index (χ3v) is 9.13. The highest BCUT2D eigenvalue weighted by molar-refractivity contribution is 7.88. The zero-order chi connectivity index (χ0) is 25.3. The van der Waals surface area contributed by atoms with Crippen molar-refractivity contribution < 1.29 is 13.2 Å². The summed E-state index contributed by atoms with van der Waals surface area (Å²) in [6, 6.07) is 8.34. The van der Waals surface area contributed by atoms with Gasteiger partial charge in [-0.2, -0.15) is 4.31 Å². The number of aryl methyl sites for hydroxylation is 1. The van der Waals surface area contributed by atoms with Crippen LogP contribution in [0.2, 0.25) is 0 Å². The summed E-state index contributed by atoms with van der Waals surface area (Å²) >= 11 is 1.73. The molecule has 0 aliphatic carbocycles. The SMILES string of the molecule is C/N=C\c1c(C)cccc1-c1nc(N2CCOCC2)c2sc(CN3CCN(S(C)(=O)=O)CC3)cc2n1. The number of hydrogen-bond acceptors (Lipinski definition) is 9. The number of anilines is 1. The molecule has 4 heterocycles. The van der Waals surface area contributed by atoms with Crippen LogP contribution in [-0.2, 0) is 21.3 Å². The summed E-state index contributed by atoms with van der Waals surface area (Å²) in [7, 11) is -1.36. The van der Waals surface area contributed by atoms with Crippen molar-refractivity contribution in [2.75, 3.05) is 70.7 Å². The van der Waals surface area contributed by atoms with E-state index in [1.807, 2.05) is 12.3 Å². The summed E-state index contributed by atoms with van der Waals surface area (Å²) in [5.41, 5.74) is 4.08. The van der Waals surface area contributed by atoms with Crippen LogP contribution >= 0.6 is 11.3 Å². The number of nitrogens with zero attached hydrogens (tertiary/aromatic N) is 6. The second-order valence-electron chi connectivity index (χ2n) is 9.26. The van der Waals surface area contributed by atoms with Crippen molar-refractivity contribution in [3.8, 4) is 11.4 Å². The minimum atomic E-state index is -3.14. The Balaban J connectivity index is 1.51. The third kappa shape index (κ3) is 5.30. The van der Waals surface area contributed by atoms with Gasteiger partial charge in [-0.25, -0.2) is 18.4 Å². The van der Waals surface area contributed by atoms with Gasteiger partial charge in [0.2, 0.25) is 10.0 Å². The number of rotatable bonds is 6. The number of ether oxygens (including phenoxy) is 1. The number of aromatic nitrogens is 2. The molecule has 9 nitrogen and oxygen atoms in total. The maximum atomic E-state index is 11.9. The Kier molecular flexibility index (Phi) is 7.36. The molecule has 0 N–H and O–H groups in total. The van der Waals surface area contributed by atoms with Gasteiger partial charge in [0.25, 0.3) is 0 Å². The summed E-state index contributed by atoms with van der Waals surface area (Å²) in [5, 5.41) is 0. The van der Waals surface area contributed by atoms with Crippen molar-refractivity contribution in [1.82, 2.24) is 19.2 Å². The van der Waals surface area contributed by atoms with Gasteiger partial charge < -0.3 is 9.64 Å². The molecule has 0 radical (unpaired) electrons. The van der Waals surface area contributed by atoms with Gasteiger partial charge in [0.1, 0.15) is 0 Å².